The Kier molecular flexibility index (Phi) is 6.11. The Morgan fingerprint density at radius 1 is 1.31 bits per heavy atom. The van der Waals surface area contributed by atoms with Crippen LogP contribution < -0.4 is 9.47 Å². The van der Waals surface area contributed by atoms with Crippen LogP contribution in [0, 0.1) is 5.92 Å². The lowest BCUT2D eigenvalue weighted by molar-refractivity contribution is 0.0299. The summed E-state index contributed by atoms with van der Waals surface area (Å²) in [5.41, 5.74) is 1.38. The number of rotatable bonds is 6. The van der Waals surface area contributed by atoms with Gasteiger partial charge in [0.05, 0.1) is 26.9 Å². The van der Waals surface area contributed by atoms with Crippen molar-refractivity contribution >= 4 is 17.2 Å². The smallest absolute Gasteiger partial charge is 0.273 e. The lowest BCUT2D eigenvalue weighted by atomic mass is 10.2. The Hall–Kier alpha value is -2.12. The van der Waals surface area contributed by atoms with Crippen LogP contribution in [0.3, 0.4) is 0 Å². The van der Waals surface area contributed by atoms with Gasteiger partial charge in [0, 0.05) is 24.0 Å². The number of thiazole rings is 1. The molecule has 1 aliphatic heterocycles. The van der Waals surface area contributed by atoms with Gasteiger partial charge in [-0.3, -0.25) is 4.79 Å². The second kappa shape index (κ2) is 8.51. The molecule has 1 amide bonds. The number of ether oxygens (including phenoxy) is 3. The van der Waals surface area contributed by atoms with Crippen LogP contribution in [0.2, 0.25) is 0 Å². The Morgan fingerprint density at radius 2 is 2.08 bits per heavy atom. The van der Waals surface area contributed by atoms with Crippen LogP contribution in [0.15, 0.2) is 23.6 Å². The first kappa shape index (κ1) is 18.7. The van der Waals surface area contributed by atoms with Gasteiger partial charge >= 0.3 is 0 Å². The largest absolute Gasteiger partial charge is 0.493 e. The summed E-state index contributed by atoms with van der Waals surface area (Å²) in [6.07, 6.45) is 0. The molecule has 7 heteroatoms. The van der Waals surface area contributed by atoms with E-state index in [0.29, 0.717) is 56.0 Å². The third-order valence-corrected chi connectivity index (χ3v) is 4.90. The van der Waals surface area contributed by atoms with E-state index in [1.165, 1.54) is 11.3 Å². The van der Waals surface area contributed by atoms with E-state index in [1.54, 1.807) is 12.0 Å². The van der Waals surface area contributed by atoms with Crippen LogP contribution >= 0.6 is 11.3 Å². The third kappa shape index (κ3) is 4.34. The molecule has 3 rings (SSSR count). The number of aromatic nitrogens is 1. The van der Waals surface area contributed by atoms with Crippen molar-refractivity contribution in [2.45, 2.75) is 13.8 Å². The number of nitrogens with zero attached hydrogens (tertiary/aromatic N) is 2. The third-order valence-electron chi connectivity index (χ3n) is 4.00. The van der Waals surface area contributed by atoms with Gasteiger partial charge < -0.3 is 19.1 Å². The molecule has 0 bridgehead atoms. The molecule has 0 radical (unpaired) electrons. The van der Waals surface area contributed by atoms with Gasteiger partial charge in [0.2, 0.25) is 0 Å². The molecule has 6 nitrogen and oxygen atoms in total. The highest BCUT2D eigenvalue weighted by Crippen LogP contribution is 2.34. The maximum atomic E-state index is 12.5. The molecule has 0 aliphatic carbocycles. The zero-order chi connectivity index (χ0) is 18.5. The molecule has 1 aromatic carbocycles. The highest BCUT2D eigenvalue weighted by molar-refractivity contribution is 7.13. The van der Waals surface area contributed by atoms with Crippen molar-refractivity contribution in [2.24, 2.45) is 5.92 Å². The highest BCUT2D eigenvalue weighted by atomic mass is 32.1. The van der Waals surface area contributed by atoms with E-state index in [1.807, 2.05) is 23.6 Å². The SMILES string of the molecule is COc1cc(-c2nc(C(=O)N3CCOCC3)cs2)ccc1OCC(C)C. The fourth-order valence-corrected chi connectivity index (χ4v) is 3.40. The lowest BCUT2D eigenvalue weighted by Gasteiger charge is -2.25. The Bertz CT molecular complexity index is 754. The monoisotopic (exact) mass is 376 g/mol. The summed E-state index contributed by atoms with van der Waals surface area (Å²) in [5, 5.41) is 2.60. The quantitative estimate of drug-likeness (QED) is 0.774. The molecule has 140 valence electrons. The second-order valence-corrected chi connectivity index (χ2v) is 7.37. The molecular weight excluding hydrogens is 352 g/mol. The van der Waals surface area contributed by atoms with Gasteiger partial charge in [-0.25, -0.2) is 4.98 Å². The van der Waals surface area contributed by atoms with Crippen molar-refractivity contribution in [3.63, 3.8) is 0 Å². The predicted octanol–water partition coefficient (Wildman–Crippen LogP) is 3.33. The molecule has 2 heterocycles. The standard InChI is InChI=1S/C19H24N2O4S/c1-13(2)11-25-16-5-4-14(10-17(16)23-3)18-20-15(12-26-18)19(22)21-6-8-24-9-7-21/h4-5,10,12-13H,6-9,11H2,1-3H3. The summed E-state index contributed by atoms with van der Waals surface area (Å²) in [4.78, 5) is 18.8. The molecule has 2 aromatic rings. The number of morpholine rings is 1. The number of carbonyl (C=O) groups is 1. The Balaban J connectivity index is 1.76. The van der Waals surface area contributed by atoms with Gasteiger partial charge in [-0.05, 0) is 24.1 Å². The van der Waals surface area contributed by atoms with E-state index >= 15 is 0 Å². The second-order valence-electron chi connectivity index (χ2n) is 6.51. The van der Waals surface area contributed by atoms with E-state index < -0.39 is 0 Å². The molecule has 1 fully saturated rings. The lowest BCUT2D eigenvalue weighted by Crippen LogP contribution is -2.40. The Labute approximate surface area is 157 Å². The number of amides is 1. The van der Waals surface area contributed by atoms with Gasteiger partial charge in [0.15, 0.2) is 11.5 Å². The number of hydrogen-bond acceptors (Lipinski definition) is 6. The van der Waals surface area contributed by atoms with Crippen molar-refractivity contribution in [1.82, 2.24) is 9.88 Å². The van der Waals surface area contributed by atoms with Crippen LogP contribution in [0.4, 0.5) is 0 Å². The number of methoxy groups -OCH3 is 1. The minimum Gasteiger partial charge on any atom is -0.493 e. The zero-order valence-electron chi connectivity index (χ0n) is 15.4. The topological polar surface area (TPSA) is 60.9 Å². The summed E-state index contributed by atoms with van der Waals surface area (Å²) in [5.74, 6) is 1.78. The van der Waals surface area contributed by atoms with Crippen molar-refractivity contribution in [2.75, 3.05) is 40.0 Å². The van der Waals surface area contributed by atoms with Crippen LogP contribution in [-0.2, 0) is 4.74 Å². The number of hydrogen-bond donors (Lipinski definition) is 0. The summed E-state index contributed by atoms with van der Waals surface area (Å²) in [7, 11) is 1.62. The van der Waals surface area contributed by atoms with Crippen LogP contribution in [0.5, 0.6) is 11.5 Å². The fourth-order valence-electron chi connectivity index (χ4n) is 2.61. The van der Waals surface area contributed by atoms with E-state index in [0.717, 1.165) is 10.6 Å². The number of benzene rings is 1. The minimum absolute atomic E-state index is 0.0420. The molecule has 1 aliphatic rings. The van der Waals surface area contributed by atoms with Gasteiger partial charge in [-0.2, -0.15) is 0 Å². The molecule has 1 aromatic heterocycles. The highest BCUT2D eigenvalue weighted by Gasteiger charge is 2.21. The molecule has 0 N–H and O–H groups in total. The molecule has 26 heavy (non-hydrogen) atoms. The summed E-state index contributed by atoms with van der Waals surface area (Å²) in [6.45, 7) is 7.22. The van der Waals surface area contributed by atoms with E-state index in [4.69, 9.17) is 14.2 Å². The average Bonchev–Trinajstić information content (AvgIpc) is 3.16. The van der Waals surface area contributed by atoms with Crippen molar-refractivity contribution in [3.8, 4) is 22.1 Å². The maximum Gasteiger partial charge on any atom is 0.273 e. The fraction of sp³-hybridized carbons (Fsp3) is 0.474. The predicted molar refractivity (Wildman–Crippen MR) is 101 cm³/mol. The molecule has 0 atom stereocenters. The summed E-state index contributed by atoms with van der Waals surface area (Å²) in [6, 6.07) is 5.74. The Morgan fingerprint density at radius 3 is 2.77 bits per heavy atom. The van der Waals surface area contributed by atoms with Crippen LogP contribution in [-0.4, -0.2) is 55.8 Å². The van der Waals surface area contributed by atoms with Crippen molar-refractivity contribution in [3.05, 3.63) is 29.3 Å². The molecule has 0 saturated carbocycles. The first-order chi connectivity index (χ1) is 12.6. The van der Waals surface area contributed by atoms with E-state index in [2.05, 4.69) is 18.8 Å². The number of carbonyl (C=O) groups excluding carboxylic acids is 1. The molecule has 1 saturated heterocycles. The van der Waals surface area contributed by atoms with Gasteiger partial charge in [0.25, 0.3) is 5.91 Å². The van der Waals surface area contributed by atoms with Gasteiger partial charge in [-0.1, -0.05) is 13.8 Å². The maximum absolute atomic E-state index is 12.5. The zero-order valence-corrected chi connectivity index (χ0v) is 16.2. The van der Waals surface area contributed by atoms with Gasteiger partial charge in [-0.15, -0.1) is 11.3 Å². The molecular formula is C19H24N2O4S. The first-order valence-electron chi connectivity index (χ1n) is 8.72. The molecule has 0 spiro atoms. The van der Waals surface area contributed by atoms with E-state index in [-0.39, 0.29) is 5.91 Å². The summed E-state index contributed by atoms with van der Waals surface area (Å²) < 4.78 is 16.5. The minimum atomic E-state index is -0.0420. The van der Waals surface area contributed by atoms with E-state index in [9.17, 15) is 4.79 Å². The van der Waals surface area contributed by atoms with Crippen molar-refractivity contribution in [1.29, 1.82) is 0 Å². The molecule has 0 unspecified atom stereocenters. The average molecular weight is 376 g/mol. The van der Waals surface area contributed by atoms with Crippen LogP contribution in [0.1, 0.15) is 24.3 Å². The van der Waals surface area contributed by atoms with Crippen molar-refractivity contribution < 1.29 is 19.0 Å². The van der Waals surface area contributed by atoms with Crippen LogP contribution in [0.25, 0.3) is 10.6 Å². The first-order valence-corrected chi connectivity index (χ1v) is 9.60. The summed E-state index contributed by atoms with van der Waals surface area (Å²) >= 11 is 1.45. The normalized spacial score (nSPS) is 14.5. The van der Waals surface area contributed by atoms with Gasteiger partial charge in [0.1, 0.15) is 10.7 Å².